The van der Waals surface area contributed by atoms with Crippen LogP contribution in [-0.2, 0) is 9.53 Å². The number of rotatable bonds is 7. The van der Waals surface area contributed by atoms with E-state index in [2.05, 4.69) is 28.7 Å². The van der Waals surface area contributed by atoms with Gasteiger partial charge < -0.3 is 20.3 Å². The fourth-order valence-corrected chi connectivity index (χ4v) is 4.09. The summed E-state index contributed by atoms with van der Waals surface area (Å²) >= 11 is 0. The number of anilines is 2. The molecular weight excluding hydrogens is 360 g/mol. The monoisotopic (exact) mass is 390 g/mol. The van der Waals surface area contributed by atoms with Gasteiger partial charge in [0.2, 0.25) is 5.95 Å². The Labute approximate surface area is 165 Å². The zero-order chi connectivity index (χ0) is 20.3. The molecule has 9 nitrogen and oxygen atoms in total. The van der Waals surface area contributed by atoms with Crippen LogP contribution < -0.4 is 10.6 Å². The average molecular weight is 390 g/mol. The average Bonchev–Trinajstić information content (AvgIpc) is 2.85. The van der Waals surface area contributed by atoms with Gasteiger partial charge in [0.25, 0.3) is 5.91 Å². The van der Waals surface area contributed by atoms with Crippen LogP contribution in [0.1, 0.15) is 33.1 Å². The topological polar surface area (TPSA) is 105 Å². The number of carbonyl (C=O) groups is 2. The van der Waals surface area contributed by atoms with Crippen LogP contribution in [0.2, 0.25) is 0 Å². The van der Waals surface area contributed by atoms with Crippen LogP contribution >= 0.6 is 0 Å². The van der Waals surface area contributed by atoms with Gasteiger partial charge in [-0.25, -0.2) is 9.78 Å². The molecule has 9 heteroatoms. The molecule has 2 aliphatic rings. The van der Waals surface area contributed by atoms with E-state index in [9.17, 15) is 9.59 Å². The zero-order valence-corrected chi connectivity index (χ0v) is 16.9. The van der Waals surface area contributed by atoms with Crippen molar-refractivity contribution in [2.24, 2.45) is 5.92 Å². The number of nitrogens with two attached hydrogens (primary N) is 1. The predicted molar refractivity (Wildman–Crippen MR) is 106 cm³/mol. The molecule has 28 heavy (non-hydrogen) atoms. The van der Waals surface area contributed by atoms with Crippen LogP contribution in [0.3, 0.4) is 0 Å². The number of urea groups is 1. The third-order valence-electron chi connectivity index (χ3n) is 5.47. The summed E-state index contributed by atoms with van der Waals surface area (Å²) in [5, 5.41) is 0. The number of methoxy groups -OCH3 is 1. The molecule has 2 N–H and O–H groups in total. The van der Waals surface area contributed by atoms with Crippen molar-refractivity contribution in [3.05, 3.63) is 12.3 Å². The number of hydrogen-bond acceptors (Lipinski definition) is 7. The minimum Gasteiger partial charge on any atom is -0.385 e. The molecule has 154 valence electrons. The molecule has 0 atom stereocenters. The van der Waals surface area contributed by atoms with Crippen LogP contribution in [0.15, 0.2) is 12.3 Å². The first-order valence-electron chi connectivity index (χ1n) is 9.85. The van der Waals surface area contributed by atoms with Gasteiger partial charge in [-0.15, -0.1) is 0 Å². The Bertz CT molecular complexity index is 717. The Morgan fingerprint density at radius 2 is 2.00 bits per heavy atom. The first kappa shape index (κ1) is 20.3. The van der Waals surface area contributed by atoms with E-state index in [-0.39, 0.29) is 23.8 Å². The highest BCUT2D eigenvalue weighted by Crippen LogP contribution is 2.38. The normalized spacial score (nSPS) is 19.4. The molecule has 0 aliphatic carbocycles. The number of ether oxygens (including phenoxy) is 1. The quantitative estimate of drug-likeness (QED) is 0.553. The third kappa shape index (κ3) is 3.76. The van der Waals surface area contributed by atoms with E-state index in [0.717, 1.165) is 5.82 Å². The molecule has 2 saturated heterocycles. The summed E-state index contributed by atoms with van der Waals surface area (Å²) in [6.07, 6.45) is 3.44. The lowest BCUT2D eigenvalue weighted by molar-refractivity contribution is -0.134. The maximum absolute atomic E-state index is 13.3. The maximum Gasteiger partial charge on any atom is 0.327 e. The first-order valence-corrected chi connectivity index (χ1v) is 9.85. The number of imide groups is 1. The fourth-order valence-electron chi connectivity index (χ4n) is 4.09. The smallest absolute Gasteiger partial charge is 0.327 e. The van der Waals surface area contributed by atoms with E-state index in [1.807, 2.05) is 6.07 Å². The van der Waals surface area contributed by atoms with Gasteiger partial charge >= 0.3 is 6.03 Å². The summed E-state index contributed by atoms with van der Waals surface area (Å²) < 4.78 is 5.08. The standard InChI is InChI=1S/C19H30N6O3/c1-14(2)13-25-18(27)24(9-4-12-28-3)16(26)19(25)6-10-23(11-7-19)15-5-8-21-17(20)22-15/h5,8,14H,4,6-7,9-13H2,1-3H3,(H2,20,21,22). The Kier molecular flexibility index (Phi) is 6.02. The van der Waals surface area contributed by atoms with E-state index in [0.29, 0.717) is 52.0 Å². The number of carbonyl (C=O) groups excluding carboxylic acids is 2. The highest BCUT2D eigenvalue weighted by molar-refractivity contribution is 6.07. The Morgan fingerprint density at radius 3 is 2.61 bits per heavy atom. The van der Waals surface area contributed by atoms with E-state index in [1.54, 1.807) is 18.2 Å². The molecule has 0 bridgehead atoms. The van der Waals surface area contributed by atoms with Crippen molar-refractivity contribution in [2.75, 3.05) is 50.5 Å². The lowest BCUT2D eigenvalue weighted by Crippen LogP contribution is -2.57. The minimum atomic E-state index is -0.760. The molecule has 2 fully saturated rings. The number of nitrogen functional groups attached to an aromatic ring is 1. The van der Waals surface area contributed by atoms with Crippen LogP contribution in [0.4, 0.5) is 16.6 Å². The molecule has 0 aromatic carbocycles. The van der Waals surface area contributed by atoms with Crippen molar-refractivity contribution in [1.82, 2.24) is 19.8 Å². The molecule has 1 aromatic heterocycles. The largest absolute Gasteiger partial charge is 0.385 e. The Morgan fingerprint density at radius 1 is 1.29 bits per heavy atom. The third-order valence-corrected chi connectivity index (χ3v) is 5.47. The summed E-state index contributed by atoms with van der Waals surface area (Å²) in [4.78, 5) is 39.9. The summed E-state index contributed by atoms with van der Waals surface area (Å²) in [5.74, 6) is 1.20. The number of amides is 3. The highest BCUT2D eigenvalue weighted by atomic mass is 16.5. The van der Waals surface area contributed by atoms with Crippen molar-refractivity contribution < 1.29 is 14.3 Å². The number of hydrogen-bond donors (Lipinski definition) is 1. The molecule has 2 aliphatic heterocycles. The van der Waals surface area contributed by atoms with Crippen LogP contribution in [0.25, 0.3) is 0 Å². The summed E-state index contributed by atoms with van der Waals surface area (Å²) in [5.41, 5.74) is 4.94. The minimum absolute atomic E-state index is 0.0731. The van der Waals surface area contributed by atoms with Gasteiger partial charge in [-0.05, 0) is 31.2 Å². The number of aromatic nitrogens is 2. The number of nitrogens with zero attached hydrogens (tertiary/aromatic N) is 5. The van der Waals surface area contributed by atoms with E-state index >= 15 is 0 Å². The van der Waals surface area contributed by atoms with E-state index in [4.69, 9.17) is 10.5 Å². The molecule has 0 unspecified atom stereocenters. The number of piperidine rings is 1. The Hall–Kier alpha value is -2.42. The van der Waals surface area contributed by atoms with Crippen molar-refractivity contribution >= 4 is 23.7 Å². The summed E-state index contributed by atoms with van der Waals surface area (Å²) in [6, 6.07) is 1.65. The van der Waals surface area contributed by atoms with Gasteiger partial charge in [-0.2, -0.15) is 4.98 Å². The van der Waals surface area contributed by atoms with Gasteiger partial charge in [0.1, 0.15) is 11.4 Å². The summed E-state index contributed by atoms with van der Waals surface area (Å²) in [6.45, 7) is 6.90. The van der Waals surface area contributed by atoms with Gasteiger partial charge in [-0.1, -0.05) is 13.8 Å². The zero-order valence-electron chi connectivity index (χ0n) is 16.9. The van der Waals surface area contributed by atoms with Crippen molar-refractivity contribution in [1.29, 1.82) is 0 Å². The SMILES string of the molecule is COCCCN1C(=O)N(CC(C)C)C2(CCN(c3ccnc(N)n3)CC2)C1=O. The molecular formula is C19H30N6O3. The molecule has 3 heterocycles. The summed E-state index contributed by atoms with van der Waals surface area (Å²) in [7, 11) is 1.62. The van der Waals surface area contributed by atoms with E-state index < -0.39 is 5.54 Å². The van der Waals surface area contributed by atoms with Crippen LogP contribution in [0, 0.1) is 5.92 Å². The molecule has 3 amide bonds. The van der Waals surface area contributed by atoms with Crippen molar-refractivity contribution in [3.63, 3.8) is 0 Å². The fraction of sp³-hybridized carbons (Fsp3) is 0.684. The molecule has 0 radical (unpaired) electrons. The Balaban J connectivity index is 1.79. The van der Waals surface area contributed by atoms with Gasteiger partial charge in [-0.3, -0.25) is 9.69 Å². The molecule has 0 saturated carbocycles. The lowest BCUT2D eigenvalue weighted by Gasteiger charge is -2.43. The second kappa shape index (κ2) is 8.30. The molecule has 1 aromatic rings. The van der Waals surface area contributed by atoms with Gasteiger partial charge in [0, 0.05) is 46.1 Å². The second-order valence-electron chi connectivity index (χ2n) is 7.88. The first-order chi connectivity index (χ1) is 13.4. The maximum atomic E-state index is 13.3. The van der Waals surface area contributed by atoms with Gasteiger partial charge in [0.05, 0.1) is 0 Å². The van der Waals surface area contributed by atoms with Crippen molar-refractivity contribution in [3.8, 4) is 0 Å². The van der Waals surface area contributed by atoms with Crippen molar-refractivity contribution in [2.45, 2.75) is 38.6 Å². The molecule has 1 spiro atoms. The lowest BCUT2D eigenvalue weighted by atomic mass is 9.85. The highest BCUT2D eigenvalue weighted by Gasteiger charge is 2.57. The van der Waals surface area contributed by atoms with E-state index in [1.165, 1.54) is 4.90 Å². The van der Waals surface area contributed by atoms with Crippen LogP contribution in [-0.4, -0.2) is 77.1 Å². The molecule has 3 rings (SSSR count). The van der Waals surface area contributed by atoms with Crippen LogP contribution in [0.5, 0.6) is 0 Å². The predicted octanol–water partition coefficient (Wildman–Crippen LogP) is 1.35. The second-order valence-corrected chi connectivity index (χ2v) is 7.88. The van der Waals surface area contributed by atoms with Gasteiger partial charge in [0.15, 0.2) is 0 Å².